The molecule has 1 amide bonds. The van der Waals surface area contributed by atoms with Gasteiger partial charge in [0.2, 0.25) is 5.91 Å². The molecule has 1 aliphatic carbocycles. The minimum Gasteiger partial charge on any atom is -0.280 e. The number of rotatable bonds is 1. The standard InChI is InChI=1S/C17H13N3O/c21-16-17(7-8-17)13-3-1-2-4-15(13)20(16)12-6-5-11-10-18-19-14(11)9-12/h1-6,9-10H,7-8H2,(H,18,19). The molecule has 1 aromatic heterocycles. The molecule has 102 valence electrons. The average molecular weight is 275 g/mol. The topological polar surface area (TPSA) is 49.0 Å². The molecular formula is C17H13N3O. The van der Waals surface area contributed by atoms with Crippen molar-refractivity contribution in [2.75, 3.05) is 4.90 Å². The molecule has 5 rings (SSSR count). The Hall–Kier alpha value is -2.62. The Morgan fingerprint density at radius 1 is 1.14 bits per heavy atom. The van der Waals surface area contributed by atoms with Gasteiger partial charge in [-0.2, -0.15) is 5.10 Å². The maximum Gasteiger partial charge on any atom is 0.242 e. The first-order valence-corrected chi connectivity index (χ1v) is 7.17. The molecule has 1 aliphatic heterocycles. The number of nitrogens with one attached hydrogen (secondary N) is 1. The average Bonchev–Trinajstić information content (AvgIpc) is 3.12. The SMILES string of the molecule is O=C1N(c2ccc3cn[nH]c3c2)c2ccccc2C12CC2. The number of aromatic nitrogens is 2. The van der Waals surface area contributed by atoms with E-state index in [-0.39, 0.29) is 11.3 Å². The summed E-state index contributed by atoms with van der Waals surface area (Å²) in [5.41, 5.74) is 3.82. The maximum atomic E-state index is 12.9. The summed E-state index contributed by atoms with van der Waals surface area (Å²) >= 11 is 0. The van der Waals surface area contributed by atoms with Crippen molar-refractivity contribution in [3.63, 3.8) is 0 Å². The molecule has 4 nitrogen and oxygen atoms in total. The highest BCUT2D eigenvalue weighted by atomic mass is 16.2. The molecular weight excluding hydrogens is 262 g/mol. The van der Waals surface area contributed by atoms with E-state index in [1.807, 2.05) is 41.3 Å². The van der Waals surface area contributed by atoms with Crippen LogP contribution in [0.5, 0.6) is 0 Å². The summed E-state index contributed by atoms with van der Waals surface area (Å²) in [4.78, 5) is 14.8. The second kappa shape index (κ2) is 3.52. The number of para-hydroxylation sites is 1. The Kier molecular flexibility index (Phi) is 1.86. The molecule has 2 aliphatic rings. The van der Waals surface area contributed by atoms with E-state index in [2.05, 4.69) is 16.3 Å². The number of benzene rings is 2. The van der Waals surface area contributed by atoms with Crippen LogP contribution in [0.25, 0.3) is 10.9 Å². The summed E-state index contributed by atoms with van der Waals surface area (Å²) in [7, 11) is 0. The van der Waals surface area contributed by atoms with E-state index < -0.39 is 0 Å². The fourth-order valence-electron chi connectivity index (χ4n) is 3.44. The van der Waals surface area contributed by atoms with E-state index in [1.54, 1.807) is 6.20 Å². The quantitative estimate of drug-likeness (QED) is 0.741. The minimum absolute atomic E-state index is 0.211. The smallest absolute Gasteiger partial charge is 0.242 e. The molecule has 4 heteroatoms. The zero-order valence-corrected chi connectivity index (χ0v) is 11.3. The fourth-order valence-corrected chi connectivity index (χ4v) is 3.44. The number of aromatic amines is 1. The van der Waals surface area contributed by atoms with Gasteiger partial charge in [-0.1, -0.05) is 18.2 Å². The number of carbonyl (C=O) groups is 1. The molecule has 0 bridgehead atoms. The third kappa shape index (κ3) is 1.29. The van der Waals surface area contributed by atoms with Crippen LogP contribution in [0.4, 0.5) is 11.4 Å². The van der Waals surface area contributed by atoms with Crippen LogP contribution in [0.3, 0.4) is 0 Å². The van der Waals surface area contributed by atoms with E-state index in [4.69, 9.17) is 0 Å². The van der Waals surface area contributed by atoms with E-state index in [0.29, 0.717) is 0 Å². The van der Waals surface area contributed by atoms with Crippen LogP contribution in [0.15, 0.2) is 48.7 Å². The van der Waals surface area contributed by atoms with Crippen LogP contribution in [0, 0.1) is 0 Å². The molecule has 21 heavy (non-hydrogen) atoms. The van der Waals surface area contributed by atoms with Crippen molar-refractivity contribution in [2.24, 2.45) is 0 Å². The van der Waals surface area contributed by atoms with Gasteiger partial charge in [0, 0.05) is 5.39 Å². The third-order valence-electron chi connectivity index (χ3n) is 4.71. The van der Waals surface area contributed by atoms with E-state index >= 15 is 0 Å². The lowest BCUT2D eigenvalue weighted by Gasteiger charge is -2.18. The van der Waals surface area contributed by atoms with Crippen molar-refractivity contribution < 1.29 is 4.79 Å². The molecule has 1 spiro atoms. The second-order valence-corrected chi connectivity index (χ2v) is 5.88. The summed E-state index contributed by atoms with van der Waals surface area (Å²) in [6.07, 6.45) is 3.72. The van der Waals surface area contributed by atoms with Crippen LogP contribution in [-0.2, 0) is 10.2 Å². The Balaban J connectivity index is 1.74. The van der Waals surface area contributed by atoms with E-state index in [1.165, 1.54) is 5.56 Å². The molecule has 1 saturated carbocycles. The Labute approximate surface area is 121 Å². The Morgan fingerprint density at radius 3 is 2.86 bits per heavy atom. The number of hydrogen-bond donors (Lipinski definition) is 1. The molecule has 1 fully saturated rings. The summed E-state index contributed by atoms with van der Waals surface area (Å²) < 4.78 is 0. The Bertz CT molecular complexity index is 892. The number of fused-ring (bicyclic) bond motifs is 3. The highest BCUT2D eigenvalue weighted by Crippen LogP contribution is 2.58. The van der Waals surface area contributed by atoms with Gasteiger partial charge in [0.25, 0.3) is 0 Å². The predicted octanol–water partition coefficient (Wildman–Crippen LogP) is 3.27. The summed E-state index contributed by atoms with van der Waals surface area (Å²) in [6, 6.07) is 14.1. The number of anilines is 2. The maximum absolute atomic E-state index is 12.9. The van der Waals surface area contributed by atoms with Gasteiger partial charge in [-0.3, -0.25) is 14.8 Å². The molecule has 0 atom stereocenters. The number of hydrogen-bond acceptors (Lipinski definition) is 2. The number of carbonyl (C=O) groups excluding carboxylic acids is 1. The summed E-state index contributed by atoms with van der Waals surface area (Å²) in [5, 5.41) is 8.07. The van der Waals surface area contributed by atoms with Gasteiger partial charge in [-0.05, 0) is 42.7 Å². The van der Waals surface area contributed by atoms with Crippen molar-refractivity contribution >= 4 is 28.2 Å². The van der Waals surface area contributed by atoms with E-state index in [0.717, 1.165) is 35.1 Å². The van der Waals surface area contributed by atoms with Gasteiger partial charge in [-0.15, -0.1) is 0 Å². The number of H-pyrrole nitrogens is 1. The molecule has 1 N–H and O–H groups in total. The molecule has 0 saturated heterocycles. The largest absolute Gasteiger partial charge is 0.280 e. The van der Waals surface area contributed by atoms with Gasteiger partial charge in [0.1, 0.15) is 0 Å². The highest BCUT2D eigenvalue weighted by Gasteiger charge is 2.59. The zero-order chi connectivity index (χ0) is 14.0. The van der Waals surface area contributed by atoms with Gasteiger partial charge in [0.05, 0.1) is 28.5 Å². The van der Waals surface area contributed by atoms with Crippen molar-refractivity contribution in [3.8, 4) is 0 Å². The van der Waals surface area contributed by atoms with Gasteiger partial charge >= 0.3 is 0 Å². The summed E-state index contributed by atoms with van der Waals surface area (Å²) in [5.74, 6) is 0.211. The van der Waals surface area contributed by atoms with Crippen LogP contribution in [0.2, 0.25) is 0 Å². The van der Waals surface area contributed by atoms with Crippen LogP contribution in [0.1, 0.15) is 18.4 Å². The zero-order valence-electron chi connectivity index (χ0n) is 11.3. The number of nitrogens with zero attached hydrogens (tertiary/aromatic N) is 2. The van der Waals surface area contributed by atoms with Gasteiger partial charge < -0.3 is 0 Å². The lowest BCUT2D eigenvalue weighted by atomic mass is 9.98. The van der Waals surface area contributed by atoms with Crippen molar-refractivity contribution in [2.45, 2.75) is 18.3 Å². The number of amides is 1. The summed E-state index contributed by atoms with van der Waals surface area (Å²) in [6.45, 7) is 0. The first-order valence-electron chi connectivity index (χ1n) is 7.17. The molecule has 2 aromatic carbocycles. The minimum atomic E-state index is -0.250. The first kappa shape index (κ1) is 11.1. The molecule has 0 unspecified atom stereocenters. The van der Waals surface area contributed by atoms with Crippen LogP contribution in [-0.4, -0.2) is 16.1 Å². The second-order valence-electron chi connectivity index (χ2n) is 5.88. The fraction of sp³-hybridized carbons (Fsp3) is 0.176. The first-order chi connectivity index (χ1) is 10.3. The van der Waals surface area contributed by atoms with Crippen LogP contribution < -0.4 is 4.90 Å². The lowest BCUT2D eigenvalue weighted by Crippen LogP contribution is -2.27. The van der Waals surface area contributed by atoms with Crippen LogP contribution >= 0.6 is 0 Å². The van der Waals surface area contributed by atoms with Crippen molar-refractivity contribution in [1.29, 1.82) is 0 Å². The lowest BCUT2D eigenvalue weighted by molar-refractivity contribution is -0.119. The molecule has 0 radical (unpaired) electrons. The van der Waals surface area contributed by atoms with Crippen molar-refractivity contribution in [1.82, 2.24) is 10.2 Å². The third-order valence-corrected chi connectivity index (χ3v) is 4.71. The van der Waals surface area contributed by atoms with Crippen molar-refractivity contribution in [3.05, 3.63) is 54.2 Å². The monoisotopic (exact) mass is 275 g/mol. The van der Waals surface area contributed by atoms with Gasteiger partial charge in [0.15, 0.2) is 0 Å². The van der Waals surface area contributed by atoms with Gasteiger partial charge in [-0.25, -0.2) is 0 Å². The normalized spacial score (nSPS) is 18.5. The van der Waals surface area contributed by atoms with E-state index in [9.17, 15) is 4.79 Å². The predicted molar refractivity (Wildman–Crippen MR) is 80.6 cm³/mol. The molecule has 3 aromatic rings. The highest BCUT2D eigenvalue weighted by molar-refractivity contribution is 6.15. The molecule has 2 heterocycles. The Morgan fingerprint density at radius 2 is 2.00 bits per heavy atom.